The van der Waals surface area contributed by atoms with Crippen molar-refractivity contribution in [1.82, 2.24) is 19.6 Å². The molecule has 0 aliphatic carbocycles. The maximum Gasteiger partial charge on any atom is 0.416 e. The summed E-state index contributed by atoms with van der Waals surface area (Å²) >= 11 is 3.45. The summed E-state index contributed by atoms with van der Waals surface area (Å²) in [6, 6.07) is 13.9. The van der Waals surface area contributed by atoms with Crippen LogP contribution in [0.15, 0.2) is 65.3 Å². The Morgan fingerprint density at radius 2 is 1.91 bits per heavy atom. The van der Waals surface area contributed by atoms with Crippen molar-refractivity contribution >= 4 is 27.4 Å². The second-order valence-corrected chi connectivity index (χ2v) is 8.57. The zero-order valence-electron chi connectivity index (χ0n) is 17.9. The highest BCUT2D eigenvalue weighted by atomic mass is 79.9. The molecule has 4 aromatic rings. The number of hydrogen-bond donors (Lipinski definition) is 3. The van der Waals surface area contributed by atoms with Gasteiger partial charge in [0.25, 0.3) is 0 Å². The van der Waals surface area contributed by atoms with E-state index in [-0.39, 0.29) is 12.3 Å². The van der Waals surface area contributed by atoms with Crippen molar-refractivity contribution in [3.05, 3.63) is 76.4 Å². The number of benzene rings is 2. The predicted octanol–water partition coefficient (Wildman–Crippen LogP) is 5.06. The molecule has 0 aliphatic rings. The minimum Gasteiger partial charge on any atom is -0.507 e. The van der Waals surface area contributed by atoms with E-state index in [1.165, 1.54) is 11.1 Å². The Balaban J connectivity index is 1.41. The number of halogens is 4. The molecule has 11 heteroatoms. The molecular weight excluding hydrogens is 513 g/mol. The Labute approximate surface area is 202 Å². The number of aromatic nitrogens is 3. The van der Waals surface area contributed by atoms with Crippen LogP contribution in [-0.2, 0) is 12.7 Å². The van der Waals surface area contributed by atoms with Crippen LogP contribution < -0.4 is 11.2 Å². The molecule has 2 heterocycles. The zero-order valence-corrected chi connectivity index (χ0v) is 19.5. The average Bonchev–Trinajstić information content (AvgIpc) is 3.17. The number of nitrogens with one attached hydrogen (secondary N) is 1. The average molecular weight is 535 g/mol. The van der Waals surface area contributed by atoms with Crippen molar-refractivity contribution in [3.8, 4) is 17.0 Å². The van der Waals surface area contributed by atoms with Gasteiger partial charge in [-0.1, -0.05) is 30.3 Å². The van der Waals surface area contributed by atoms with E-state index >= 15 is 0 Å². The lowest BCUT2D eigenvalue weighted by molar-refractivity contribution is -0.137. The summed E-state index contributed by atoms with van der Waals surface area (Å²) in [5.41, 5.74) is 1.57. The van der Waals surface area contributed by atoms with Crippen LogP contribution in [0.2, 0.25) is 0 Å². The summed E-state index contributed by atoms with van der Waals surface area (Å²) in [7, 11) is 0. The van der Waals surface area contributed by atoms with Crippen molar-refractivity contribution in [3.63, 3.8) is 0 Å². The number of nitrogens with two attached hydrogens (primary N) is 1. The number of phenolic OH excluding ortho intramolecular Hbond substituents is 1. The molecule has 0 aliphatic heterocycles. The van der Waals surface area contributed by atoms with Crippen molar-refractivity contribution < 1.29 is 18.3 Å². The van der Waals surface area contributed by atoms with E-state index < -0.39 is 11.7 Å². The third-order valence-electron chi connectivity index (χ3n) is 5.18. The van der Waals surface area contributed by atoms with Gasteiger partial charge in [0.1, 0.15) is 11.6 Å². The van der Waals surface area contributed by atoms with Gasteiger partial charge in [-0.25, -0.2) is 9.99 Å². The molecule has 0 bridgehead atoms. The summed E-state index contributed by atoms with van der Waals surface area (Å²) < 4.78 is 41.1. The van der Waals surface area contributed by atoms with E-state index in [1.807, 2.05) is 6.07 Å². The fraction of sp³-hybridized carbons (Fsp3) is 0.217. The largest absolute Gasteiger partial charge is 0.507 e. The minimum atomic E-state index is -4.38. The maximum atomic E-state index is 12.9. The third kappa shape index (κ3) is 5.49. The Morgan fingerprint density at radius 3 is 2.68 bits per heavy atom. The van der Waals surface area contributed by atoms with E-state index in [1.54, 1.807) is 41.0 Å². The van der Waals surface area contributed by atoms with Crippen LogP contribution >= 0.6 is 15.9 Å². The van der Waals surface area contributed by atoms with Crippen molar-refractivity contribution in [2.75, 3.05) is 18.4 Å². The first-order valence-electron chi connectivity index (χ1n) is 10.4. The van der Waals surface area contributed by atoms with E-state index in [0.717, 1.165) is 12.1 Å². The molecular formula is C23H22BrF3N6O. The van der Waals surface area contributed by atoms with Crippen LogP contribution in [0.25, 0.3) is 16.9 Å². The van der Waals surface area contributed by atoms with Gasteiger partial charge in [-0.15, -0.1) is 0 Å². The summed E-state index contributed by atoms with van der Waals surface area (Å²) in [6.07, 6.45) is -2.11. The van der Waals surface area contributed by atoms with E-state index in [9.17, 15) is 18.3 Å². The van der Waals surface area contributed by atoms with E-state index in [2.05, 4.69) is 31.3 Å². The molecule has 0 saturated carbocycles. The number of rotatable bonds is 8. The Morgan fingerprint density at radius 1 is 1.12 bits per heavy atom. The first-order chi connectivity index (χ1) is 16.2. The summed E-state index contributed by atoms with van der Waals surface area (Å²) in [6.45, 7) is 1.20. The van der Waals surface area contributed by atoms with Crippen LogP contribution in [0, 0.1) is 0 Å². The number of nitrogens with zero attached hydrogens (tertiary/aromatic N) is 4. The number of hydrazine groups is 1. The molecule has 0 spiro atoms. The molecule has 4 N–H and O–H groups in total. The van der Waals surface area contributed by atoms with Crippen LogP contribution in [0.3, 0.4) is 0 Å². The fourth-order valence-corrected chi connectivity index (χ4v) is 3.90. The summed E-state index contributed by atoms with van der Waals surface area (Å²) in [5, 5.41) is 19.3. The van der Waals surface area contributed by atoms with Crippen LogP contribution in [0.5, 0.6) is 5.75 Å². The third-order valence-corrected chi connectivity index (χ3v) is 5.74. The standard InChI is InChI=1S/C23H22BrF3N6O/c24-18-13-30-33-21(12-19(31-22(18)33)17-7-1-2-8-20(17)34)29-9-4-10-32(28)14-15-5-3-6-16(11-15)23(25,26)27/h1-3,5-8,11-13,29,34H,4,9-10,14,28H2. The molecule has 0 radical (unpaired) electrons. The zero-order chi connectivity index (χ0) is 24.3. The Kier molecular flexibility index (Phi) is 7.05. The quantitative estimate of drug-likeness (QED) is 0.166. The molecule has 2 aromatic heterocycles. The van der Waals surface area contributed by atoms with Crippen LogP contribution in [0.4, 0.5) is 19.0 Å². The highest BCUT2D eigenvalue weighted by molar-refractivity contribution is 9.10. The lowest BCUT2D eigenvalue weighted by Gasteiger charge is -2.18. The topological polar surface area (TPSA) is 91.7 Å². The molecule has 178 valence electrons. The predicted molar refractivity (Wildman–Crippen MR) is 127 cm³/mol. The molecule has 0 unspecified atom stereocenters. The molecule has 7 nitrogen and oxygen atoms in total. The van der Waals surface area contributed by atoms with Crippen LogP contribution in [0.1, 0.15) is 17.5 Å². The van der Waals surface area contributed by atoms with Gasteiger partial charge in [0.2, 0.25) is 0 Å². The summed E-state index contributed by atoms with van der Waals surface area (Å²) in [5.74, 6) is 6.81. The van der Waals surface area contributed by atoms with Gasteiger partial charge in [-0.3, -0.25) is 5.84 Å². The molecule has 0 amide bonds. The van der Waals surface area contributed by atoms with E-state index in [0.29, 0.717) is 52.3 Å². The second-order valence-electron chi connectivity index (χ2n) is 7.72. The number of phenols is 1. The number of para-hydroxylation sites is 1. The van der Waals surface area contributed by atoms with Gasteiger partial charge < -0.3 is 10.4 Å². The van der Waals surface area contributed by atoms with Crippen LogP contribution in [-0.4, -0.2) is 37.8 Å². The van der Waals surface area contributed by atoms with Gasteiger partial charge in [-0.05, 0) is 46.1 Å². The smallest absolute Gasteiger partial charge is 0.416 e. The number of anilines is 1. The molecule has 0 saturated heterocycles. The first kappa shape index (κ1) is 24.0. The van der Waals surface area contributed by atoms with Gasteiger partial charge in [0, 0.05) is 31.3 Å². The molecule has 34 heavy (non-hydrogen) atoms. The maximum absolute atomic E-state index is 12.9. The molecule has 0 fully saturated rings. The Hall–Kier alpha value is -3.15. The number of aromatic hydroxyl groups is 1. The molecule has 2 aromatic carbocycles. The lowest BCUT2D eigenvalue weighted by atomic mass is 10.1. The van der Waals surface area contributed by atoms with Gasteiger partial charge >= 0.3 is 6.18 Å². The lowest BCUT2D eigenvalue weighted by Crippen LogP contribution is -2.32. The SMILES string of the molecule is NN(CCCNc1cc(-c2ccccc2O)nc2c(Br)cnn12)Cc1cccc(C(F)(F)F)c1. The summed E-state index contributed by atoms with van der Waals surface area (Å²) in [4.78, 5) is 4.60. The minimum absolute atomic E-state index is 0.120. The number of hydrogen-bond acceptors (Lipinski definition) is 6. The normalized spacial score (nSPS) is 11.9. The highest BCUT2D eigenvalue weighted by Crippen LogP contribution is 2.31. The van der Waals surface area contributed by atoms with Crippen molar-refractivity contribution in [1.29, 1.82) is 0 Å². The van der Waals surface area contributed by atoms with Gasteiger partial charge in [0.05, 0.1) is 21.9 Å². The monoisotopic (exact) mass is 534 g/mol. The first-order valence-corrected chi connectivity index (χ1v) is 11.2. The fourth-order valence-electron chi connectivity index (χ4n) is 3.55. The second kappa shape index (κ2) is 10.00. The number of alkyl halides is 3. The Bertz CT molecular complexity index is 1290. The van der Waals surface area contributed by atoms with Gasteiger partial charge in [-0.2, -0.15) is 22.8 Å². The van der Waals surface area contributed by atoms with Gasteiger partial charge in [0.15, 0.2) is 5.65 Å². The number of fused-ring (bicyclic) bond motifs is 1. The van der Waals surface area contributed by atoms with Crippen molar-refractivity contribution in [2.24, 2.45) is 5.84 Å². The molecule has 0 atom stereocenters. The highest BCUT2D eigenvalue weighted by Gasteiger charge is 2.30. The molecule has 4 rings (SSSR count). The van der Waals surface area contributed by atoms with Crippen molar-refractivity contribution in [2.45, 2.75) is 19.1 Å². The van der Waals surface area contributed by atoms with E-state index in [4.69, 9.17) is 5.84 Å².